The van der Waals surface area contributed by atoms with Crippen molar-refractivity contribution in [2.75, 3.05) is 10.6 Å². The summed E-state index contributed by atoms with van der Waals surface area (Å²) in [6, 6.07) is 0. The van der Waals surface area contributed by atoms with Crippen LogP contribution in [0.5, 0.6) is 0 Å². The SMILES string of the molecule is CC(C)(C)Nc1ncc2[nH]c(NC(C)(C)C)nc2n1. The molecule has 2 aromatic heterocycles. The summed E-state index contributed by atoms with van der Waals surface area (Å²) >= 11 is 0. The molecule has 6 heteroatoms. The fourth-order valence-corrected chi connectivity index (χ4v) is 1.62. The van der Waals surface area contributed by atoms with E-state index in [9.17, 15) is 0 Å². The van der Waals surface area contributed by atoms with E-state index >= 15 is 0 Å². The largest absolute Gasteiger partial charge is 0.351 e. The molecule has 0 aliphatic heterocycles. The number of anilines is 2. The second-order valence-corrected chi connectivity index (χ2v) is 6.77. The average Bonchev–Trinajstić information content (AvgIpc) is 2.53. The second-order valence-electron chi connectivity index (χ2n) is 6.77. The van der Waals surface area contributed by atoms with Crippen molar-refractivity contribution in [3.05, 3.63) is 6.20 Å². The Hall–Kier alpha value is -1.85. The van der Waals surface area contributed by atoms with Gasteiger partial charge >= 0.3 is 0 Å². The smallest absolute Gasteiger partial charge is 0.225 e. The van der Waals surface area contributed by atoms with Gasteiger partial charge in [-0.2, -0.15) is 9.97 Å². The maximum absolute atomic E-state index is 4.43. The highest BCUT2D eigenvalue weighted by molar-refractivity contribution is 5.73. The second kappa shape index (κ2) is 4.36. The minimum Gasteiger partial charge on any atom is -0.351 e. The molecule has 6 nitrogen and oxygen atoms in total. The van der Waals surface area contributed by atoms with Crippen molar-refractivity contribution in [1.82, 2.24) is 19.9 Å². The van der Waals surface area contributed by atoms with Crippen molar-refractivity contribution in [2.24, 2.45) is 0 Å². The Morgan fingerprint density at radius 3 is 2.16 bits per heavy atom. The molecule has 0 spiro atoms. The van der Waals surface area contributed by atoms with Gasteiger partial charge in [0.25, 0.3) is 0 Å². The Kier molecular flexibility index (Phi) is 3.12. The molecular formula is C13H22N6. The Bertz CT molecular complexity index is 559. The van der Waals surface area contributed by atoms with Crippen LogP contribution in [0.15, 0.2) is 6.20 Å². The van der Waals surface area contributed by atoms with E-state index in [4.69, 9.17) is 0 Å². The van der Waals surface area contributed by atoms with Gasteiger partial charge in [-0.15, -0.1) is 0 Å². The molecule has 0 bridgehead atoms. The van der Waals surface area contributed by atoms with E-state index in [1.165, 1.54) is 0 Å². The van der Waals surface area contributed by atoms with Crippen molar-refractivity contribution in [3.8, 4) is 0 Å². The topological polar surface area (TPSA) is 78.5 Å². The van der Waals surface area contributed by atoms with E-state index in [2.05, 4.69) is 72.1 Å². The first-order valence-electron chi connectivity index (χ1n) is 6.41. The fourth-order valence-electron chi connectivity index (χ4n) is 1.62. The van der Waals surface area contributed by atoms with Gasteiger partial charge in [0.2, 0.25) is 11.9 Å². The molecule has 2 heterocycles. The van der Waals surface area contributed by atoms with Crippen LogP contribution in [0.2, 0.25) is 0 Å². The molecular weight excluding hydrogens is 240 g/mol. The lowest BCUT2D eigenvalue weighted by Crippen LogP contribution is -2.27. The molecule has 104 valence electrons. The molecule has 0 amide bonds. The van der Waals surface area contributed by atoms with Crippen LogP contribution < -0.4 is 10.6 Å². The van der Waals surface area contributed by atoms with E-state index in [-0.39, 0.29) is 11.1 Å². The van der Waals surface area contributed by atoms with Gasteiger partial charge < -0.3 is 15.6 Å². The van der Waals surface area contributed by atoms with Crippen LogP contribution in [-0.4, -0.2) is 31.0 Å². The number of aromatic nitrogens is 4. The molecule has 0 fully saturated rings. The van der Waals surface area contributed by atoms with Crippen molar-refractivity contribution in [3.63, 3.8) is 0 Å². The number of nitrogens with one attached hydrogen (secondary N) is 3. The molecule has 0 unspecified atom stereocenters. The van der Waals surface area contributed by atoms with Crippen LogP contribution in [-0.2, 0) is 0 Å². The predicted octanol–water partition coefficient (Wildman–Crippen LogP) is 2.77. The molecule has 2 rings (SSSR count). The molecule has 19 heavy (non-hydrogen) atoms. The normalized spacial score (nSPS) is 12.7. The first-order chi connectivity index (χ1) is 8.62. The molecule has 0 saturated heterocycles. The molecule has 0 aromatic carbocycles. The summed E-state index contributed by atoms with van der Waals surface area (Å²) in [6.07, 6.45) is 1.75. The summed E-state index contributed by atoms with van der Waals surface area (Å²) in [5.41, 5.74) is 1.37. The van der Waals surface area contributed by atoms with Crippen LogP contribution in [0.4, 0.5) is 11.9 Å². The minimum absolute atomic E-state index is 0.0478. The Morgan fingerprint density at radius 2 is 1.58 bits per heavy atom. The Balaban J connectivity index is 2.28. The van der Waals surface area contributed by atoms with E-state index in [0.717, 1.165) is 5.52 Å². The summed E-state index contributed by atoms with van der Waals surface area (Å²) in [7, 11) is 0. The average molecular weight is 262 g/mol. The third kappa shape index (κ3) is 3.81. The van der Waals surface area contributed by atoms with Gasteiger partial charge in [0.05, 0.1) is 6.20 Å². The van der Waals surface area contributed by atoms with Gasteiger partial charge in [-0.3, -0.25) is 0 Å². The lowest BCUT2D eigenvalue weighted by molar-refractivity contribution is 0.626. The van der Waals surface area contributed by atoms with Gasteiger partial charge in [0, 0.05) is 11.1 Å². The zero-order valence-corrected chi connectivity index (χ0v) is 12.4. The number of nitrogens with zero attached hydrogens (tertiary/aromatic N) is 3. The van der Waals surface area contributed by atoms with Gasteiger partial charge in [-0.05, 0) is 41.5 Å². The van der Waals surface area contributed by atoms with Crippen molar-refractivity contribution in [1.29, 1.82) is 0 Å². The van der Waals surface area contributed by atoms with E-state index in [1.54, 1.807) is 6.20 Å². The summed E-state index contributed by atoms with van der Waals surface area (Å²) < 4.78 is 0. The number of fused-ring (bicyclic) bond motifs is 1. The van der Waals surface area contributed by atoms with Crippen molar-refractivity contribution < 1.29 is 0 Å². The lowest BCUT2D eigenvalue weighted by Gasteiger charge is -2.19. The number of hydrogen-bond donors (Lipinski definition) is 3. The highest BCUT2D eigenvalue weighted by atomic mass is 15.2. The molecule has 2 aromatic rings. The standard InChI is InChI=1S/C13H22N6/c1-12(2,3)18-10-14-7-8-9(16-10)17-11(15-8)19-13(4,5)6/h7H,1-6H3,(H3,14,15,16,17,18,19). The van der Waals surface area contributed by atoms with Crippen LogP contribution in [0.25, 0.3) is 11.2 Å². The lowest BCUT2D eigenvalue weighted by atomic mass is 10.1. The zero-order chi connectivity index (χ0) is 14.3. The van der Waals surface area contributed by atoms with Crippen LogP contribution in [0, 0.1) is 0 Å². The number of rotatable bonds is 2. The van der Waals surface area contributed by atoms with Gasteiger partial charge in [-0.1, -0.05) is 0 Å². The number of H-pyrrole nitrogens is 1. The Morgan fingerprint density at radius 1 is 0.947 bits per heavy atom. The molecule has 0 radical (unpaired) electrons. The first kappa shape index (κ1) is 13.6. The highest BCUT2D eigenvalue weighted by Crippen LogP contribution is 2.17. The van der Waals surface area contributed by atoms with E-state index < -0.39 is 0 Å². The van der Waals surface area contributed by atoms with Gasteiger partial charge in [0.1, 0.15) is 5.52 Å². The van der Waals surface area contributed by atoms with Gasteiger partial charge in [-0.25, -0.2) is 4.98 Å². The summed E-state index contributed by atoms with van der Waals surface area (Å²) in [5.74, 6) is 1.30. The zero-order valence-electron chi connectivity index (χ0n) is 12.4. The van der Waals surface area contributed by atoms with E-state index in [0.29, 0.717) is 17.5 Å². The Labute approximate surface area is 113 Å². The van der Waals surface area contributed by atoms with Crippen molar-refractivity contribution in [2.45, 2.75) is 52.6 Å². The van der Waals surface area contributed by atoms with Crippen LogP contribution in [0.3, 0.4) is 0 Å². The molecule has 0 atom stereocenters. The number of hydrogen-bond acceptors (Lipinski definition) is 5. The summed E-state index contributed by atoms with van der Waals surface area (Å²) in [5, 5.41) is 6.52. The quantitative estimate of drug-likeness (QED) is 0.775. The third-order valence-corrected chi connectivity index (χ3v) is 2.22. The monoisotopic (exact) mass is 262 g/mol. The number of aromatic amines is 1. The fraction of sp³-hybridized carbons (Fsp3) is 0.615. The summed E-state index contributed by atoms with van der Waals surface area (Å²) in [4.78, 5) is 16.3. The first-order valence-corrected chi connectivity index (χ1v) is 6.41. The van der Waals surface area contributed by atoms with Crippen molar-refractivity contribution >= 4 is 23.1 Å². The highest BCUT2D eigenvalue weighted by Gasteiger charge is 2.15. The minimum atomic E-state index is -0.0729. The van der Waals surface area contributed by atoms with Crippen LogP contribution in [0.1, 0.15) is 41.5 Å². The molecule has 0 aliphatic rings. The maximum atomic E-state index is 4.43. The maximum Gasteiger partial charge on any atom is 0.225 e. The summed E-state index contributed by atoms with van der Waals surface area (Å²) in [6.45, 7) is 12.4. The molecule has 0 saturated carbocycles. The van der Waals surface area contributed by atoms with E-state index in [1.807, 2.05) is 0 Å². The third-order valence-electron chi connectivity index (χ3n) is 2.22. The molecule has 0 aliphatic carbocycles. The number of imidazole rings is 1. The van der Waals surface area contributed by atoms with Gasteiger partial charge in [0.15, 0.2) is 5.65 Å². The predicted molar refractivity (Wildman–Crippen MR) is 78.4 cm³/mol. The molecule has 3 N–H and O–H groups in total. The van der Waals surface area contributed by atoms with Crippen LogP contribution >= 0.6 is 0 Å².